The predicted molar refractivity (Wildman–Crippen MR) is 73.4 cm³/mol. The molecule has 1 heterocycles. The number of hydrogen-bond acceptors (Lipinski definition) is 3. The SMILES string of the molecule is CC1(C)OC(C#N)(CCCN)c2ccccc21.Cl. The minimum absolute atomic E-state index is 0. The van der Waals surface area contributed by atoms with E-state index in [0.29, 0.717) is 13.0 Å². The molecule has 0 bridgehead atoms. The maximum atomic E-state index is 9.51. The molecule has 0 amide bonds. The maximum absolute atomic E-state index is 9.51. The van der Waals surface area contributed by atoms with Crippen LogP contribution < -0.4 is 5.73 Å². The molecule has 0 fully saturated rings. The Labute approximate surface area is 114 Å². The Morgan fingerprint density at radius 2 is 1.89 bits per heavy atom. The number of rotatable bonds is 3. The first kappa shape index (κ1) is 15.0. The minimum Gasteiger partial charge on any atom is -0.345 e. The molecular weight excluding hydrogens is 248 g/mol. The van der Waals surface area contributed by atoms with Gasteiger partial charge in [-0.2, -0.15) is 5.26 Å². The zero-order valence-electron chi connectivity index (χ0n) is 10.8. The van der Waals surface area contributed by atoms with Crippen LogP contribution in [0.3, 0.4) is 0 Å². The normalized spacial score (nSPS) is 23.9. The first-order valence-electron chi connectivity index (χ1n) is 5.97. The molecule has 0 saturated carbocycles. The van der Waals surface area contributed by atoms with E-state index in [9.17, 15) is 5.26 Å². The van der Waals surface area contributed by atoms with Crippen LogP contribution in [0.25, 0.3) is 0 Å². The molecule has 98 valence electrons. The van der Waals surface area contributed by atoms with Gasteiger partial charge in [-0.3, -0.25) is 0 Å². The van der Waals surface area contributed by atoms with Gasteiger partial charge in [0.1, 0.15) is 6.07 Å². The Hall–Kier alpha value is -1.08. The van der Waals surface area contributed by atoms with Gasteiger partial charge in [-0.05, 0) is 38.8 Å². The van der Waals surface area contributed by atoms with Crippen LogP contribution in [-0.2, 0) is 15.9 Å². The molecule has 0 radical (unpaired) electrons. The highest BCUT2D eigenvalue weighted by Gasteiger charge is 2.48. The van der Waals surface area contributed by atoms with Crippen molar-refractivity contribution in [2.24, 2.45) is 5.73 Å². The van der Waals surface area contributed by atoms with E-state index in [1.807, 2.05) is 38.1 Å². The number of halogens is 1. The smallest absolute Gasteiger partial charge is 0.181 e. The fourth-order valence-corrected chi connectivity index (χ4v) is 2.58. The van der Waals surface area contributed by atoms with Gasteiger partial charge in [0.05, 0.1) is 5.60 Å². The average Bonchev–Trinajstić information content (AvgIpc) is 2.57. The van der Waals surface area contributed by atoms with Crippen LogP contribution >= 0.6 is 12.4 Å². The lowest BCUT2D eigenvalue weighted by molar-refractivity contribution is -0.0978. The monoisotopic (exact) mass is 266 g/mol. The third-order valence-corrected chi connectivity index (χ3v) is 3.35. The van der Waals surface area contributed by atoms with Gasteiger partial charge in [-0.1, -0.05) is 24.3 Å². The van der Waals surface area contributed by atoms with Crippen molar-refractivity contribution in [1.29, 1.82) is 5.26 Å². The second-order valence-electron chi connectivity index (χ2n) is 4.99. The first-order valence-corrected chi connectivity index (χ1v) is 5.97. The molecule has 1 aromatic rings. The van der Waals surface area contributed by atoms with E-state index in [2.05, 4.69) is 6.07 Å². The molecule has 0 aliphatic carbocycles. The van der Waals surface area contributed by atoms with Crippen molar-refractivity contribution in [3.05, 3.63) is 35.4 Å². The summed E-state index contributed by atoms with van der Waals surface area (Å²) in [6, 6.07) is 10.3. The Bertz CT molecular complexity index is 467. The molecule has 1 atom stereocenters. The summed E-state index contributed by atoms with van der Waals surface area (Å²) in [6.07, 6.45) is 1.44. The fourth-order valence-electron chi connectivity index (χ4n) is 2.58. The molecular formula is C14H19ClN2O. The van der Waals surface area contributed by atoms with Gasteiger partial charge in [-0.15, -0.1) is 12.4 Å². The standard InChI is InChI=1S/C14H18N2O.ClH/c1-13(2)11-6-3-4-7-12(11)14(10-16,17-13)8-5-9-15;/h3-4,6-7H,5,8-9,15H2,1-2H3;1H. The van der Waals surface area contributed by atoms with Crippen molar-refractivity contribution in [3.8, 4) is 6.07 Å². The van der Waals surface area contributed by atoms with E-state index in [1.54, 1.807) is 0 Å². The molecule has 2 N–H and O–H groups in total. The van der Waals surface area contributed by atoms with Gasteiger partial charge in [-0.25, -0.2) is 0 Å². The molecule has 2 rings (SSSR count). The third kappa shape index (κ3) is 2.24. The number of nitrogens with zero attached hydrogens (tertiary/aromatic N) is 1. The van der Waals surface area contributed by atoms with Crippen molar-refractivity contribution < 1.29 is 4.74 Å². The molecule has 1 aliphatic heterocycles. The fraction of sp³-hybridized carbons (Fsp3) is 0.500. The summed E-state index contributed by atoms with van der Waals surface area (Å²) in [6.45, 7) is 4.59. The van der Waals surface area contributed by atoms with E-state index < -0.39 is 11.2 Å². The van der Waals surface area contributed by atoms with Gasteiger partial charge < -0.3 is 10.5 Å². The zero-order chi connectivity index (χ0) is 12.5. The van der Waals surface area contributed by atoms with Crippen molar-refractivity contribution in [2.75, 3.05) is 6.54 Å². The Kier molecular flexibility index (Phi) is 4.39. The van der Waals surface area contributed by atoms with E-state index in [0.717, 1.165) is 17.5 Å². The molecule has 0 saturated heterocycles. The summed E-state index contributed by atoms with van der Waals surface area (Å²) in [5.41, 5.74) is 6.43. The Morgan fingerprint density at radius 1 is 1.28 bits per heavy atom. The van der Waals surface area contributed by atoms with Crippen LogP contribution in [0, 0.1) is 11.3 Å². The molecule has 1 aliphatic rings. The molecule has 0 spiro atoms. The van der Waals surface area contributed by atoms with Gasteiger partial charge in [0, 0.05) is 5.56 Å². The Balaban J connectivity index is 0.00000162. The van der Waals surface area contributed by atoms with Crippen molar-refractivity contribution in [1.82, 2.24) is 0 Å². The van der Waals surface area contributed by atoms with Crippen LogP contribution in [0.5, 0.6) is 0 Å². The lowest BCUT2D eigenvalue weighted by Gasteiger charge is -2.26. The van der Waals surface area contributed by atoms with Crippen LogP contribution in [0.4, 0.5) is 0 Å². The van der Waals surface area contributed by atoms with Crippen LogP contribution in [0.15, 0.2) is 24.3 Å². The quantitative estimate of drug-likeness (QED) is 0.915. The van der Waals surface area contributed by atoms with Crippen molar-refractivity contribution >= 4 is 12.4 Å². The highest BCUT2D eigenvalue weighted by Crippen LogP contribution is 2.48. The second-order valence-corrected chi connectivity index (χ2v) is 4.99. The number of nitriles is 1. The summed E-state index contributed by atoms with van der Waals surface area (Å²) in [7, 11) is 0. The van der Waals surface area contributed by atoms with Crippen LogP contribution in [0.1, 0.15) is 37.8 Å². The molecule has 0 aromatic heterocycles. The molecule has 1 aromatic carbocycles. The molecule has 3 nitrogen and oxygen atoms in total. The number of ether oxygens (including phenoxy) is 1. The minimum atomic E-state index is -0.820. The predicted octanol–water partition coefficient (Wildman–Crippen LogP) is 2.83. The van der Waals surface area contributed by atoms with Crippen molar-refractivity contribution in [3.63, 3.8) is 0 Å². The second kappa shape index (κ2) is 5.27. The number of nitrogens with two attached hydrogens (primary N) is 1. The van der Waals surface area contributed by atoms with Gasteiger partial charge in [0.25, 0.3) is 0 Å². The first-order chi connectivity index (χ1) is 8.06. The lowest BCUT2D eigenvalue weighted by Crippen LogP contribution is -2.28. The number of fused-ring (bicyclic) bond motifs is 1. The summed E-state index contributed by atoms with van der Waals surface area (Å²) < 4.78 is 6.04. The largest absolute Gasteiger partial charge is 0.345 e. The van der Waals surface area contributed by atoms with E-state index in [1.165, 1.54) is 0 Å². The number of benzene rings is 1. The van der Waals surface area contributed by atoms with Crippen molar-refractivity contribution in [2.45, 2.75) is 37.9 Å². The van der Waals surface area contributed by atoms with Gasteiger partial charge in [0.15, 0.2) is 5.60 Å². The molecule has 4 heteroatoms. The van der Waals surface area contributed by atoms with Crippen LogP contribution in [-0.4, -0.2) is 6.54 Å². The zero-order valence-corrected chi connectivity index (χ0v) is 11.6. The highest BCUT2D eigenvalue weighted by molar-refractivity contribution is 5.85. The van der Waals surface area contributed by atoms with Crippen LogP contribution in [0.2, 0.25) is 0 Å². The molecule has 1 unspecified atom stereocenters. The topological polar surface area (TPSA) is 59.0 Å². The number of hydrogen-bond donors (Lipinski definition) is 1. The maximum Gasteiger partial charge on any atom is 0.181 e. The van der Waals surface area contributed by atoms with E-state index in [-0.39, 0.29) is 12.4 Å². The summed E-state index contributed by atoms with van der Waals surface area (Å²) in [5, 5.41) is 9.51. The van der Waals surface area contributed by atoms with E-state index in [4.69, 9.17) is 10.5 Å². The van der Waals surface area contributed by atoms with E-state index >= 15 is 0 Å². The summed E-state index contributed by atoms with van der Waals surface area (Å²) in [5.74, 6) is 0. The summed E-state index contributed by atoms with van der Waals surface area (Å²) in [4.78, 5) is 0. The molecule has 18 heavy (non-hydrogen) atoms. The lowest BCUT2D eigenvalue weighted by atomic mass is 9.87. The highest BCUT2D eigenvalue weighted by atomic mass is 35.5. The van der Waals surface area contributed by atoms with Gasteiger partial charge >= 0.3 is 0 Å². The van der Waals surface area contributed by atoms with Gasteiger partial charge in [0.2, 0.25) is 0 Å². The Morgan fingerprint density at radius 3 is 2.44 bits per heavy atom. The third-order valence-electron chi connectivity index (χ3n) is 3.35. The average molecular weight is 267 g/mol. The summed E-state index contributed by atoms with van der Waals surface area (Å²) >= 11 is 0.